The predicted octanol–water partition coefficient (Wildman–Crippen LogP) is 2.72. The van der Waals surface area contributed by atoms with E-state index in [9.17, 15) is 4.79 Å². The maximum Gasteiger partial charge on any atom is 0.269 e. The van der Waals surface area contributed by atoms with E-state index in [1.165, 1.54) is 0 Å². The van der Waals surface area contributed by atoms with Gasteiger partial charge in [0, 0.05) is 5.69 Å². The summed E-state index contributed by atoms with van der Waals surface area (Å²) in [4.78, 5) is 12.2. The van der Waals surface area contributed by atoms with E-state index < -0.39 is 0 Å². The number of rotatable bonds is 4. The molecule has 108 valence electrons. The van der Waals surface area contributed by atoms with Gasteiger partial charge in [-0.2, -0.15) is 5.26 Å². The second kappa shape index (κ2) is 6.27. The van der Waals surface area contributed by atoms with Crippen molar-refractivity contribution in [1.82, 2.24) is 4.57 Å². The Labute approximate surface area is 124 Å². The molecule has 0 bridgehead atoms. The maximum absolute atomic E-state index is 12.2. The minimum absolute atomic E-state index is 0.205. The number of aromatic nitrogens is 1. The molecule has 0 atom stereocenters. The van der Waals surface area contributed by atoms with E-state index in [2.05, 4.69) is 0 Å². The molecular formula is C17H18N2O2. The zero-order valence-corrected chi connectivity index (χ0v) is 12.5. The minimum atomic E-state index is -0.247. The Hall–Kier alpha value is -2.54. The molecule has 0 saturated heterocycles. The van der Waals surface area contributed by atoms with Gasteiger partial charge in [0.15, 0.2) is 0 Å². The third kappa shape index (κ3) is 3.32. The summed E-state index contributed by atoms with van der Waals surface area (Å²) in [5, 5.41) is 9.05. The molecule has 0 unspecified atom stereocenters. The van der Waals surface area contributed by atoms with E-state index in [1.54, 1.807) is 11.5 Å². The summed E-state index contributed by atoms with van der Waals surface area (Å²) in [6.45, 7) is 6.45. The van der Waals surface area contributed by atoms with Crippen LogP contribution < -0.4 is 10.3 Å². The topological polar surface area (TPSA) is 55.0 Å². The molecule has 0 aliphatic carbocycles. The van der Waals surface area contributed by atoms with Crippen LogP contribution in [0.3, 0.4) is 0 Å². The monoisotopic (exact) mass is 282 g/mol. The highest BCUT2D eigenvalue weighted by atomic mass is 16.5. The van der Waals surface area contributed by atoms with Crippen molar-refractivity contribution in [2.75, 3.05) is 6.61 Å². The van der Waals surface area contributed by atoms with Crippen LogP contribution in [-0.2, 0) is 6.54 Å². The van der Waals surface area contributed by atoms with Gasteiger partial charge < -0.3 is 9.30 Å². The summed E-state index contributed by atoms with van der Waals surface area (Å²) in [5.41, 5.74) is 2.64. The Bertz CT molecular complexity index is 754. The Balaban J connectivity index is 2.14. The molecule has 2 aromatic rings. The highest BCUT2D eigenvalue weighted by Gasteiger charge is 2.09. The summed E-state index contributed by atoms with van der Waals surface area (Å²) in [7, 11) is 0. The van der Waals surface area contributed by atoms with Gasteiger partial charge >= 0.3 is 0 Å². The summed E-state index contributed by atoms with van der Waals surface area (Å²) in [5.74, 6) is 0.785. The van der Waals surface area contributed by atoms with Crippen molar-refractivity contribution in [1.29, 1.82) is 5.26 Å². The zero-order chi connectivity index (χ0) is 15.4. The lowest BCUT2D eigenvalue weighted by atomic mass is 10.1. The first kappa shape index (κ1) is 14.9. The van der Waals surface area contributed by atoms with Crippen molar-refractivity contribution in [3.05, 3.63) is 63.1 Å². The van der Waals surface area contributed by atoms with Crippen molar-refractivity contribution in [3.8, 4) is 11.8 Å². The van der Waals surface area contributed by atoms with E-state index in [4.69, 9.17) is 10.00 Å². The van der Waals surface area contributed by atoms with E-state index in [-0.39, 0.29) is 11.1 Å². The second-order valence-corrected chi connectivity index (χ2v) is 5.08. The lowest BCUT2D eigenvalue weighted by Crippen LogP contribution is -2.28. The van der Waals surface area contributed by atoms with Crippen LogP contribution in [0.15, 0.2) is 35.1 Å². The molecule has 0 fully saturated rings. The third-order valence-electron chi connectivity index (χ3n) is 3.39. The standard InChI is InChI=1S/C17H18N2O2/c1-12-5-4-6-15(9-12)21-8-7-19-14(3)10-13(2)16(11-18)17(19)20/h4-6,9-10H,7-8H2,1-3H3. The lowest BCUT2D eigenvalue weighted by molar-refractivity contribution is 0.295. The average molecular weight is 282 g/mol. The molecule has 0 radical (unpaired) electrons. The van der Waals surface area contributed by atoms with Gasteiger partial charge in [0.05, 0.1) is 6.54 Å². The van der Waals surface area contributed by atoms with Crippen LogP contribution in [0, 0.1) is 32.1 Å². The Morgan fingerprint density at radius 1 is 1.24 bits per heavy atom. The van der Waals surface area contributed by atoms with E-state index in [0.717, 1.165) is 22.6 Å². The first-order valence-electron chi connectivity index (χ1n) is 6.83. The molecule has 0 saturated carbocycles. The van der Waals surface area contributed by atoms with Crippen LogP contribution >= 0.6 is 0 Å². The highest BCUT2D eigenvalue weighted by molar-refractivity contribution is 5.36. The molecular weight excluding hydrogens is 264 g/mol. The average Bonchev–Trinajstić information content (AvgIpc) is 2.43. The molecule has 4 heteroatoms. The molecule has 0 amide bonds. The highest BCUT2D eigenvalue weighted by Crippen LogP contribution is 2.12. The van der Waals surface area contributed by atoms with Gasteiger partial charge in [-0.1, -0.05) is 12.1 Å². The minimum Gasteiger partial charge on any atom is -0.492 e. The van der Waals surface area contributed by atoms with E-state index in [0.29, 0.717) is 13.2 Å². The van der Waals surface area contributed by atoms with Crippen LogP contribution in [0.1, 0.15) is 22.4 Å². The van der Waals surface area contributed by atoms with Gasteiger partial charge in [0.1, 0.15) is 24.0 Å². The molecule has 1 aromatic heterocycles. The number of nitriles is 1. The summed E-state index contributed by atoms with van der Waals surface area (Å²) >= 11 is 0. The molecule has 0 N–H and O–H groups in total. The summed E-state index contributed by atoms with van der Waals surface area (Å²) in [6.07, 6.45) is 0. The Morgan fingerprint density at radius 3 is 2.67 bits per heavy atom. The quantitative estimate of drug-likeness (QED) is 0.866. The number of nitrogens with zero attached hydrogens (tertiary/aromatic N) is 2. The number of ether oxygens (including phenoxy) is 1. The summed E-state index contributed by atoms with van der Waals surface area (Å²) < 4.78 is 7.25. The smallest absolute Gasteiger partial charge is 0.269 e. The molecule has 0 aliphatic rings. The van der Waals surface area contributed by atoms with Crippen LogP contribution in [0.4, 0.5) is 0 Å². The van der Waals surface area contributed by atoms with E-state index in [1.807, 2.05) is 50.2 Å². The third-order valence-corrected chi connectivity index (χ3v) is 3.39. The SMILES string of the molecule is Cc1cccc(OCCn2c(C)cc(C)c(C#N)c2=O)c1. The lowest BCUT2D eigenvalue weighted by Gasteiger charge is -2.13. The fourth-order valence-corrected chi connectivity index (χ4v) is 2.30. The molecule has 0 spiro atoms. The number of pyridine rings is 1. The Morgan fingerprint density at radius 2 is 2.00 bits per heavy atom. The van der Waals surface area contributed by atoms with Crippen LogP contribution in [0.25, 0.3) is 0 Å². The van der Waals surface area contributed by atoms with Gasteiger partial charge in [-0.15, -0.1) is 0 Å². The fourth-order valence-electron chi connectivity index (χ4n) is 2.30. The van der Waals surface area contributed by atoms with Crippen LogP contribution in [-0.4, -0.2) is 11.2 Å². The van der Waals surface area contributed by atoms with Gasteiger partial charge in [-0.25, -0.2) is 0 Å². The van der Waals surface area contributed by atoms with Gasteiger partial charge in [-0.05, 0) is 50.1 Å². The first-order valence-corrected chi connectivity index (χ1v) is 6.83. The van der Waals surface area contributed by atoms with Gasteiger partial charge in [0.2, 0.25) is 0 Å². The van der Waals surface area contributed by atoms with Crippen LogP contribution in [0.2, 0.25) is 0 Å². The van der Waals surface area contributed by atoms with Crippen molar-refractivity contribution < 1.29 is 4.74 Å². The number of aryl methyl sites for hydroxylation is 3. The second-order valence-electron chi connectivity index (χ2n) is 5.08. The largest absolute Gasteiger partial charge is 0.492 e. The van der Waals surface area contributed by atoms with Gasteiger partial charge in [-0.3, -0.25) is 4.79 Å². The van der Waals surface area contributed by atoms with Crippen molar-refractivity contribution >= 4 is 0 Å². The maximum atomic E-state index is 12.2. The van der Waals surface area contributed by atoms with Crippen LogP contribution in [0.5, 0.6) is 5.75 Å². The van der Waals surface area contributed by atoms with Crippen molar-refractivity contribution in [3.63, 3.8) is 0 Å². The number of hydrogen-bond donors (Lipinski definition) is 0. The first-order chi connectivity index (χ1) is 10.0. The van der Waals surface area contributed by atoms with E-state index >= 15 is 0 Å². The molecule has 1 heterocycles. The normalized spacial score (nSPS) is 10.2. The molecule has 2 rings (SSSR count). The molecule has 21 heavy (non-hydrogen) atoms. The van der Waals surface area contributed by atoms with Gasteiger partial charge in [0.25, 0.3) is 5.56 Å². The number of hydrogen-bond acceptors (Lipinski definition) is 3. The van der Waals surface area contributed by atoms with Crippen molar-refractivity contribution in [2.24, 2.45) is 0 Å². The Kier molecular flexibility index (Phi) is 4.44. The van der Waals surface area contributed by atoms with Crippen molar-refractivity contribution in [2.45, 2.75) is 27.3 Å². The molecule has 0 aliphatic heterocycles. The predicted molar refractivity (Wildman–Crippen MR) is 81.6 cm³/mol. The fraction of sp³-hybridized carbons (Fsp3) is 0.294. The zero-order valence-electron chi connectivity index (χ0n) is 12.5. The molecule has 1 aromatic carbocycles. The molecule has 4 nitrogen and oxygen atoms in total. The summed E-state index contributed by atoms with van der Waals surface area (Å²) in [6, 6.07) is 11.6. The number of benzene rings is 1.